The van der Waals surface area contributed by atoms with Gasteiger partial charge in [-0.25, -0.2) is 14.6 Å². The molecule has 22 heavy (non-hydrogen) atoms. The molecule has 0 bridgehead atoms. The van der Waals surface area contributed by atoms with Crippen LogP contribution in [0, 0.1) is 0 Å². The van der Waals surface area contributed by atoms with Crippen molar-refractivity contribution in [1.29, 1.82) is 0 Å². The molecule has 0 radical (unpaired) electrons. The smallest absolute Gasteiger partial charge is 0.335 e. The summed E-state index contributed by atoms with van der Waals surface area (Å²) in [4.78, 5) is 29.7. The molecule has 0 fully saturated rings. The molecule has 2 amide bonds. The third kappa shape index (κ3) is 2.88. The quantitative estimate of drug-likeness (QED) is 0.596. The minimum absolute atomic E-state index is 0.163. The molecular formula is C15H12N4O3. The van der Waals surface area contributed by atoms with E-state index in [2.05, 4.69) is 20.6 Å². The summed E-state index contributed by atoms with van der Waals surface area (Å²) in [6, 6.07) is 10.8. The number of imidazole rings is 1. The molecule has 0 aliphatic carbocycles. The highest BCUT2D eigenvalue weighted by Gasteiger charge is 2.06. The highest BCUT2D eigenvalue weighted by Crippen LogP contribution is 2.16. The normalized spacial score (nSPS) is 10.4. The number of rotatable bonds is 3. The summed E-state index contributed by atoms with van der Waals surface area (Å²) in [5, 5.41) is 14.1. The number of aromatic carboxylic acids is 1. The number of amides is 2. The number of H-pyrrole nitrogens is 1. The van der Waals surface area contributed by atoms with Crippen molar-refractivity contribution in [2.45, 2.75) is 0 Å². The fourth-order valence-electron chi connectivity index (χ4n) is 2.00. The molecule has 3 rings (SSSR count). The third-order valence-electron chi connectivity index (χ3n) is 3.07. The van der Waals surface area contributed by atoms with Gasteiger partial charge in [-0.15, -0.1) is 0 Å². The molecule has 0 saturated heterocycles. The SMILES string of the molecule is O=C(Nc1ccc(C(=O)O)cc1)Nc1ccc2nc[nH]c2c1. The molecule has 7 heteroatoms. The zero-order valence-corrected chi connectivity index (χ0v) is 11.3. The number of carbonyl (C=O) groups excluding carboxylic acids is 1. The Labute approximate surface area is 125 Å². The van der Waals surface area contributed by atoms with E-state index in [4.69, 9.17) is 5.11 Å². The highest BCUT2D eigenvalue weighted by atomic mass is 16.4. The minimum Gasteiger partial charge on any atom is -0.478 e. The monoisotopic (exact) mass is 296 g/mol. The molecule has 110 valence electrons. The van der Waals surface area contributed by atoms with Crippen molar-refractivity contribution in [3.05, 3.63) is 54.4 Å². The van der Waals surface area contributed by atoms with Crippen molar-refractivity contribution in [1.82, 2.24) is 9.97 Å². The van der Waals surface area contributed by atoms with Crippen molar-refractivity contribution in [3.8, 4) is 0 Å². The Morgan fingerprint density at radius 3 is 2.41 bits per heavy atom. The lowest BCUT2D eigenvalue weighted by molar-refractivity contribution is 0.0697. The van der Waals surface area contributed by atoms with E-state index in [1.54, 1.807) is 24.5 Å². The van der Waals surface area contributed by atoms with Gasteiger partial charge in [0, 0.05) is 11.4 Å². The maximum atomic E-state index is 11.9. The largest absolute Gasteiger partial charge is 0.478 e. The predicted octanol–water partition coefficient (Wildman–Crippen LogP) is 2.91. The first-order valence-electron chi connectivity index (χ1n) is 6.46. The van der Waals surface area contributed by atoms with E-state index in [1.807, 2.05) is 0 Å². The number of benzene rings is 2. The molecule has 0 saturated carbocycles. The number of anilines is 2. The van der Waals surface area contributed by atoms with Gasteiger partial charge in [-0.2, -0.15) is 0 Å². The van der Waals surface area contributed by atoms with Crippen molar-refractivity contribution in [2.24, 2.45) is 0 Å². The van der Waals surface area contributed by atoms with Crippen LogP contribution in [0.1, 0.15) is 10.4 Å². The number of aromatic nitrogens is 2. The van der Waals surface area contributed by atoms with Crippen molar-refractivity contribution < 1.29 is 14.7 Å². The Morgan fingerprint density at radius 1 is 1.00 bits per heavy atom. The summed E-state index contributed by atoms with van der Waals surface area (Å²) < 4.78 is 0. The lowest BCUT2D eigenvalue weighted by Gasteiger charge is -2.08. The summed E-state index contributed by atoms with van der Waals surface area (Å²) >= 11 is 0. The number of urea groups is 1. The Balaban J connectivity index is 1.67. The fraction of sp³-hybridized carbons (Fsp3) is 0. The Bertz CT molecular complexity index is 839. The molecule has 0 atom stereocenters. The second-order valence-corrected chi connectivity index (χ2v) is 4.60. The van der Waals surface area contributed by atoms with Crippen LogP contribution in [0.4, 0.5) is 16.2 Å². The first kappa shape index (κ1) is 13.6. The van der Waals surface area contributed by atoms with Gasteiger partial charge in [-0.3, -0.25) is 0 Å². The van der Waals surface area contributed by atoms with E-state index >= 15 is 0 Å². The number of nitrogens with zero attached hydrogens (tertiary/aromatic N) is 1. The fourth-order valence-corrected chi connectivity index (χ4v) is 2.00. The first-order valence-corrected chi connectivity index (χ1v) is 6.46. The number of carboxylic acid groups (broad SMARTS) is 1. The van der Waals surface area contributed by atoms with Gasteiger partial charge >= 0.3 is 12.0 Å². The second-order valence-electron chi connectivity index (χ2n) is 4.60. The summed E-state index contributed by atoms with van der Waals surface area (Å²) in [6.07, 6.45) is 1.58. The minimum atomic E-state index is -1.01. The maximum Gasteiger partial charge on any atom is 0.335 e. The van der Waals surface area contributed by atoms with Gasteiger partial charge in [0.2, 0.25) is 0 Å². The molecule has 0 spiro atoms. The average molecular weight is 296 g/mol. The van der Waals surface area contributed by atoms with Gasteiger partial charge in [-0.05, 0) is 42.5 Å². The maximum absolute atomic E-state index is 11.9. The third-order valence-corrected chi connectivity index (χ3v) is 3.07. The van der Waals surface area contributed by atoms with E-state index < -0.39 is 12.0 Å². The van der Waals surface area contributed by atoms with Crippen molar-refractivity contribution in [3.63, 3.8) is 0 Å². The number of hydrogen-bond acceptors (Lipinski definition) is 3. The van der Waals surface area contributed by atoms with E-state index in [1.165, 1.54) is 24.3 Å². The Morgan fingerprint density at radius 2 is 1.68 bits per heavy atom. The lowest BCUT2D eigenvalue weighted by Crippen LogP contribution is -2.19. The van der Waals surface area contributed by atoms with E-state index in [9.17, 15) is 9.59 Å². The summed E-state index contributed by atoms with van der Waals surface area (Å²) in [6.45, 7) is 0. The molecule has 3 aromatic rings. The van der Waals surface area contributed by atoms with E-state index in [-0.39, 0.29) is 5.56 Å². The van der Waals surface area contributed by atoms with Gasteiger partial charge in [-0.1, -0.05) is 0 Å². The summed E-state index contributed by atoms with van der Waals surface area (Å²) in [5.74, 6) is -1.01. The number of nitrogens with one attached hydrogen (secondary N) is 3. The van der Waals surface area contributed by atoms with Crippen LogP contribution >= 0.6 is 0 Å². The Kier molecular flexibility index (Phi) is 3.45. The molecular weight excluding hydrogens is 284 g/mol. The molecule has 1 aromatic heterocycles. The van der Waals surface area contributed by atoms with Crippen LogP contribution in [-0.4, -0.2) is 27.1 Å². The van der Waals surface area contributed by atoms with Crippen LogP contribution < -0.4 is 10.6 Å². The van der Waals surface area contributed by atoms with E-state index in [0.717, 1.165) is 11.0 Å². The standard InChI is InChI=1S/C15H12N4O3/c20-14(21)9-1-3-10(4-2-9)18-15(22)19-11-5-6-12-13(7-11)17-8-16-12/h1-8H,(H,16,17)(H,20,21)(H2,18,19,22). The number of aromatic amines is 1. The van der Waals surface area contributed by atoms with Gasteiger partial charge in [0.05, 0.1) is 22.9 Å². The molecule has 0 aliphatic heterocycles. The molecule has 1 heterocycles. The first-order chi connectivity index (χ1) is 10.6. The number of hydrogen-bond donors (Lipinski definition) is 4. The van der Waals surface area contributed by atoms with Crippen LogP contribution in [-0.2, 0) is 0 Å². The molecule has 0 aliphatic rings. The van der Waals surface area contributed by atoms with Crippen molar-refractivity contribution >= 4 is 34.4 Å². The Hall–Kier alpha value is -3.35. The average Bonchev–Trinajstić information content (AvgIpc) is 2.95. The molecule has 0 unspecified atom stereocenters. The topological polar surface area (TPSA) is 107 Å². The van der Waals surface area contributed by atoms with Gasteiger partial charge in [0.1, 0.15) is 0 Å². The van der Waals surface area contributed by atoms with Gasteiger partial charge in [0.25, 0.3) is 0 Å². The highest BCUT2D eigenvalue weighted by molar-refractivity contribution is 6.01. The van der Waals surface area contributed by atoms with Crippen LogP contribution in [0.25, 0.3) is 11.0 Å². The summed E-state index contributed by atoms with van der Waals surface area (Å²) in [7, 11) is 0. The van der Waals surface area contributed by atoms with Crippen LogP contribution in [0.5, 0.6) is 0 Å². The number of carbonyl (C=O) groups is 2. The molecule has 7 nitrogen and oxygen atoms in total. The zero-order valence-electron chi connectivity index (χ0n) is 11.3. The number of fused-ring (bicyclic) bond motifs is 1. The molecule has 2 aromatic carbocycles. The lowest BCUT2D eigenvalue weighted by atomic mass is 10.2. The van der Waals surface area contributed by atoms with Gasteiger partial charge < -0.3 is 20.7 Å². The van der Waals surface area contributed by atoms with Gasteiger partial charge in [0.15, 0.2) is 0 Å². The van der Waals surface area contributed by atoms with Crippen molar-refractivity contribution in [2.75, 3.05) is 10.6 Å². The van der Waals surface area contributed by atoms with Crippen LogP contribution in [0.15, 0.2) is 48.8 Å². The predicted molar refractivity (Wildman–Crippen MR) is 82.1 cm³/mol. The number of carboxylic acids is 1. The van der Waals surface area contributed by atoms with Crippen LogP contribution in [0.3, 0.4) is 0 Å². The van der Waals surface area contributed by atoms with Crippen LogP contribution in [0.2, 0.25) is 0 Å². The van der Waals surface area contributed by atoms with E-state index in [0.29, 0.717) is 11.4 Å². The second kappa shape index (κ2) is 5.57. The summed E-state index contributed by atoms with van der Waals surface area (Å²) in [5.41, 5.74) is 2.93. The molecule has 4 N–H and O–H groups in total. The zero-order chi connectivity index (χ0) is 15.5.